The molecule has 0 unspecified atom stereocenters. The summed E-state index contributed by atoms with van der Waals surface area (Å²) in [6, 6.07) is 39.5. The van der Waals surface area contributed by atoms with E-state index in [9.17, 15) is 9.59 Å². The Balaban J connectivity index is 0.969. The van der Waals surface area contributed by atoms with Gasteiger partial charge >= 0.3 is 0 Å². The van der Waals surface area contributed by atoms with Gasteiger partial charge in [-0.3, -0.25) is 9.59 Å². The lowest BCUT2D eigenvalue weighted by atomic mass is 10.1. The van der Waals surface area contributed by atoms with Gasteiger partial charge in [0.05, 0.1) is 0 Å². The quantitative estimate of drug-likeness (QED) is 0.0734. The van der Waals surface area contributed by atoms with E-state index >= 15 is 0 Å². The minimum atomic E-state index is 0.693. The van der Waals surface area contributed by atoms with Crippen LogP contribution in [0.2, 0.25) is 0 Å². The summed E-state index contributed by atoms with van der Waals surface area (Å²) in [6.07, 6.45) is 18.7. The van der Waals surface area contributed by atoms with E-state index in [4.69, 9.17) is 0 Å². The maximum absolute atomic E-state index is 10.9. The van der Waals surface area contributed by atoms with Crippen LogP contribution in [0.25, 0.3) is 22.3 Å². The van der Waals surface area contributed by atoms with Gasteiger partial charge in [-0.1, -0.05) is 64.5 Å². The van der Waals surface area contributed by atoms with Gasteiger partial charge in [0.15, 0.2) is 75.8 Å². The summed E-state index contributed by atoms with van der Waals surface area (Å²) in [6.45, 7) is 3.08. The van der Waals surface area contributed by atoms with E-state index in [1.807, 2.05) is 48.5 Å². The number of pyridine rings is 4. The van der Waals surface area contributed by atoms with Crippen LogP contribution in [0.4, 0.5) is 0 Å². The van der Waals surface area contributed by atoms with Gasteiger partial charge in [0, 0.05) is 87.2 Å². The Morgan fingerprint density at radius 1 is 0.365 bits per heavy atom. The number of hydrogen-bond donors (Lipinski definition) is 0. The van der Waals surface area contributed by atoms with E-state index < -0.39 is 0 Å². The number of carbonyl (C=O) groups is 2. The predicted octanol–water partition coefficient (Wildman–Crippen LogP) is 6.88. The molecule has 4 aromatic heterocycles. The van der Waals surface area contributed by atoms with Crippen molar-refractivity contribution in [3.05, 3.63) is 204 Å². The summed E-state index contributed by atoms with van der Waals surface area (Å²) < 4.78 is 8.73. The lowest BCUT2D eigenvalue weighted by molar-refractivity contribution is -0.689. The summed E-state index contributed by atoms with van der Waals surface area (Å²) in [7, 11) is 0. The molecule has 0 radical (unpaired) electrons. The minimum absolute atomic E-state index is 0.693. The Labute approximate surface area is 312 Å². The average molecular weight is 748 g/mol. The number of aromatic nitrogens is 4. The van der Waals surface area contributed by atoms with Crippen molar-refractivity contribution in [1.29, 1.82) is 0 Å². The first kappa shape index (κ1) is 34.5. The Bertz CT molecular complexity index is 2110. The third-order valence-electron chi connectivity index (χ3n) is 9.19. The molecular formula is C45H39BrN4O2+4. The normalized spacial score (nSPS) is 10.9. The molecule has 4 heterocycles. The molecule has 254 valence electrons. The Morgan fingerprint density at radius 2 is 0.635 bits per heavy atom. The van der Waals surface area contributed by atoms with Gasteiger partial charge < -0.3 is 0 Å². The van der Waals surface area contributed by atoms with Crippen LogP contribution in [0.3, 0.4) is 0 Å². The van der Waals surface area contributed by atoms with Crippen molar-refractivity contribution in [3.8, 4) is 22.3 Å². The van der Waals surface area contributed by atoms with Crippen molar-refractivity contribution < 1.29 is 27.9 Å². The number of aldehydes is 2. The number of alkyl halides is 1. The molecule has 3 aromatic carbocycles. The molecule has 0 atom stereocenters. The van der Waals surface area contributed by atoms with E-state index in [-0.39, 0.29) is 0 Å². The van der Waals surface area contributed by atoms with E-state index in [1.54, 1.807) is 0 Å². The van der Waals surface area contributed by atoms with Crippen molar-refractivity contribution in [2.75, 3.05) is 0 Å². The monoisotopic (exact) mass is 746 g/mol. The van der Waals surface area contributed by atoms with Crippen LogP contribution in [0.15, 0.2) is 165 Å². The molecule has 7 rings (SSSR count). The maximum atomic E-state index is 10.9. The number of nitrogens with zero attached hydrogens (tertiary/aromatic N) is 4. The molecule has 0 saturated heterocycles. The molecule has 7 heteroatoms. The van der Waals surface area contributed by atoms with Crippen LogP contribution >= 0.6 is 15.9 Å². The fourth-order valence-corrected chi connectivity index (χ4v) is 6.69. The Kier molecular flexibility index (Phi) is 10.9. The van der Waals surface area contributed by atoms with E-state index in [2.05, 4.69) is 151 Å². The Hall–Kier alpha value is -5.92. The molecule has 0 aliphatic carbocycles. The van der Waals surface area contributed by atoms with Crippen molar-refractivity contribution in [1.82, 2.24) is 0 Å². The lowest BCUT2D eigenvalue weighted by Gasteiger charge is -2.07. The third-order valence-corrected chi connectivity index (χ3v) is 9.84. The molecule has 0 aliphatic rings. The highest BCUT2D eigenvalue weighted by Crippen LogP contribution is 2.19. The molecule has 0 saturated carbocycles. The SMILES string of the molecule is O=Cc1ccc(C[n+]2ccc(-c3cc[n+](Cc4cc(CBr)cc(C[n+]5ccc(-c6cc[n+](Cc7ccc(C=O)cc7)cc6)cc5)c4)cc3)cc2)cc1. The summed E-state index contributed by atoms with van der Waals surface area (Å²) in [5.74, 6) is 0. The molecule has 0 amide bonds. The zero-order valence-corrected chi connectivity index (χ0v) is 30.3. The van der Waals surface area contributed by atoms with Gasteiger partial charge in [-0.05, 0) is 46.0 Å². The van der Waals surface area contributed by atoms with Crippen LogP contribution < -0.4 is 18.3 Å². The number of halogens is 1. The molecular weight excluding hydrogens is 708 g/mol. The highest BCUT2D eigenvalue weighted by molar-refractivity contribution is 9.08. The van der Waals surface area contributed by atoms with Crippen molar-refractivity contribution >= 4 is 28.5 Å². The Morgan fingerprint density at radius 3 is 0.904 bits per heavy atom. The molecule has 0 N–H and O–H groups in total. The fourth-order valence-electron chi connectivity index (χ4n) is 6.37. The molecule has 0 bridgehead atoms. The molecule has 0 aliphatic heterocycles. The van der Waals surface area contributed by atoms with E-state index in [0.717, 1.165) is 55.2 Å². The van der Waals surface area contributed by atoms with Gasteiger partial charge in [0.25, 0.3) is 0 Å². The average Bonchev–Trinajstić information content (AvgIpc) is 3.20. The lowest BCUT2D eigenvalue weighted by Crippen LogP contribution is -2.34. The van der Waals surface area contributed by atoms with Gasteiger partial charge in [0.2, 0.25) is 0 Å². The first-order chi connectivity index (χ1) is 25.5. The first-order valence-corrected chi connectivity index (χ1v) is 18.4. The second-order valence-electron chi connectivity index (χ2n) is 13.0. The first-order valence-electron chi connectivity index (χ1n) is 17.3. The van der Waals surface area contributed by atoms with Gasteiger partial charge in [-0.2, -0.15) is 0 Å². The van der Waals surface area contributed by atoms with Gasteiger partial charge in [-0.15, -0.1) is 0 Å². The van der Waals surface area contributed by atoms with Crippen molar-refractivity contribution in [2.24, 2.45) is 0 Å². The van der Waals surface area contributed by atoms with Crippen LogP contribution in [0.5, 0.6) is 0 Å². The highest BCUT2D eigenvalue weighted by Gasteiger charge is 2.12. The van der Waals surface area contributed by atoms with Crippen LogP contribution in [-0.4, -0.2) is 12.6 Å². The second-order valence-corrected chi connectivity index (χ2v) is 13.6. The summed E-state index contributed by atoms with van der Waals surface area (Å²) in [5, 5.41) is 0.803. The van der Waals surface area contributed by atoms with Gasteiger partial charge in [0.1, 0.15) is 12.6 Å². The standard InChI is InChI=1S/C45H39BrN4O2/c46-28-39-25-40(31-49-21-13-44(14-22-49)42-9-17-47(18-10-42)29-35-1-5-37(33-51)6-2-35)27-41(26-39)32-50-23-15-45(16-24-50)43-11-19-48(20-12-43)30-36-3-7-38(34-52)8-4-36/h1-27,33-34H,28-32H2/q+4. The molecule has 6 nitrogen and oxygen atoms in total. The van der Waals surface area contributed by atoms with Gasteiger partial charge in [-0.25, -0.2) is 18.3 Å². The minimum Gasteiger partial charge on any atom is -0.298 e. The van der Waals surface area contributed by atoms with E-state index in [0.29, 0.717) is 11.1 Å². The largest absolute Gasteiger partial charge is 0.298 e. The zero-order chi connectivity index (χ0) is 35.7. The molecule has 0 fully saturated rings. The summed E-state index contributed by atoms with van der Waals surface area (Å²) in [4.78, 5) is 21.9. The van der Waals surface area contributed by atoms with Crippen LogP contribution in [0, 0.1) is 0 Å². The number of benzene rings is 3. The van der Waals surface area contributed by atoms with E-state index in [1.165, 1.54) is 38.9 Å². The van der Waals surface area contributed by atoms with Crippen LogP contribution in [0.1, 0.15) is 48.5 Å². The molecule has 52 heavy (non-hydrogen) atoms. The number of hydrogen-bond acceptors (Lipinski definition) is 2. The van der Waals surface area contributed by atoms with Crippen LogP contribution in [-0.2, 0) is 31.5 Å². The number of rotatable bonds is 13. The predicted molar refractivity (Wildman–Crippen MR) is 204 cm³/mol. The topological polar surface area (TPSA) is 49.7 Å². The maximum Gasteiger partial charge on any atom is 0.173 e. The second kappa shape index (κ2) is 16.4. The molecule has 7 aromatic rings. The third kappa shape index (κ3) is 8.86. The zero-order valence-electron chi connectivity index (χ0n) is 28.8. The number of carbonyl (C=O) groups excluding carboxylic acids is 2. The smallest absolute Gasteiger partial charge is 0.173 e. The highest BCUT2D eigenvalue weighted by atomic mass is 79.9. The van der Waals surface area contributed by atoms with Crippen molar-refractivity contribution in [3.63, 3.8) is 0 Å². The fraction of sp³-hybridized carbons (Fsp3) is 0.111. The summed E-state index contributed by atoms with van der Waals surface area (Å²) >= 11 is 3.68. The molecule has 0 spiro atoms. The van der Waals surface area contributed by atoms with Crippen molar-refractivity contribution in [2.45, 2.75) is 31.5 Å². The summed E-state index contributed by atoms with van der Waals surface area (Å²) in [5.41, 5.74) is 12.2.